The van der Waals surface area contributed by atoms with Crippen molar-refractivity contribution < 1.29 is 23.5 Å². The van der Waals surface area contributed by atoms with Gasteiger partial charge in [-0.05, 0) is 56.5 Å². The zero-order valence-electron chi connectivity index (χ0n) is 21.0. The summed E-state index contributed by atoms with van der Waals surface area (Å²) in [6, 6.07) is 18.8. The van der Waals surface area contributed by atoms with Gasteiger partial charge in [0.1, 0.15) is 22.8 Å². The number of hydrogen-bond donors (Lipinski definition) is 0. The van der Waals surface area contributed by atoms with Gasteiger partial charge in [-0.15, -0.1) is 0 Å². The number of methoxy groups -OCH3 is 1. The van der Waals surface area contributed by atoms with Gasteiger partial charge in [-0.25, -0.2) is 4.98 Å². The van der Waals surface area contributed by atoms with E-state index < -0.39 is 0 Å². The Morgan fingerprint density at radius 2 is 1.78 bits per heavy atom. The summed E-state index contributed by atoms with van der Waals surface area (Å²) in [5.41, 5.74) is 2.38. The zero-order chi connectivity index (χ0) is 25.6. The van der Waals surface area contributed by atoms with Gasteiger partial charge in [0.2, 0.25) is 5.88 Å². The van der Waals surface area contributed by atoms with E-state index in [0.717, 1.165) is 24.8 Å². The number of hydrogen-bond acceptors (Lipinski definition) is 7. The van der Waals surface area contributed by atoms with Crippen LogP contribution in [0.4, 0.5) is 0 Å². The molecule has 4 aromatic rings. The van der Waals surface area contributed by atoms with Crippen molar-refractivity contribution in [1.82, 2.24) is 15.0 Å². The molecule has 3 heterocycles. The fraction of sp³-hybridized carbons (Fsp3) is 0.276. The molecule has 0 bridgehead atoms. The van der Waals surface area contributed by atoms with Crippen LogP contribution in [0.1, 0.15) is 40.9 Å². The van der Waals surface area contributed by atoms with Crippen molar-refractivity contribution in [1.29, 1.82) is 0 Å². The molecule has 0 radical (unpaired) electrons. The van der Waals surface area contributed by atoms with Crippen LogP contribution in [0, 0.1) is 6.92 Å². The molecule has 0 fully saturated rings. The number of carbonyl (C=O) groups excluding carboxylic acids is 1. The van der Waals surface area contributed by atoms with Gasteiger partial charge in [-0.2, -0.15) is 0 Å². The average Bonchev–Trinajstić information content (AvgIpc) is 3.32. The van der Waals surface area contributed by atoms with Crippen molar-refractivity contribution in [3.05, 3.63) is 83.7 Å². The average molecular weight is 500 g/mol. The standard InChI is InChI=1S/C29H29N3O5/c1-20-26(27(31-37-20)22-12-4-5-13-23(22)34-2)29(33)32-17-8-3-9-18-35-24-14-6-7-15-25(24)36-28-21(19-32)11-10-16-30-28/h4-7,10-16H,3,8-9,17-19H2,1-2H3. The number of amides is 1. The normalized spacial score (nSPS) is 14.1. The van der Waals surface area contributed by atoms with E-state index in [9.17, 15) is 4.79 Å². The van der Waals surface area contributed by atoms with Gasteiger partial charge in [0, 0.05) is 23.9 Å². The van der Waals surface area contributed by atoms with E-state index in [-0.39, 0.29) is 5.91 Å². The fourth-order valence-electron chi connectivity index (χ4n) is 4.42. The number of aryl methyl sites for hydroxylation is 1. The molecule has 37 heavy (non-hydrogen) atoms. The molecule has 2 aromatic carbocycles. The third-order valence-corrected chi connectivity index (χ3v) is 6.32. The lowest BCUT2D eigenvalue weighted by atomic mass is 10.0. The van der Waals surface area contributed by atoms with Gasteiger partial charge in [-0.3, -0.25) is 4.79 Å². The Kier molecular flexibility index (Phi) is 7.35. The first-order valence-electron chi connectivity index (χ1n) is 12.4. The van der Waals surface area contributed by atoms with Crippen molar-refractivity contribution in [2.75, 3.05) is 20.3 Å². The van der Waals surface area contributed by atoms with Gasteiger partial charge >= 0.3 is 0 Å². The minimum Gasteiger partial charge on any atom is -0.496 e. The minimum absolute atomic E-state index is 0.166. The molecular weight excluding hydrogens is 470 g/mol. The van der Waals surface area contributed by atoms with E-state index in [1.54, 1.807) is 20.2 Å². The van der Waals surface area contributed by atoms with Crippen molar-refractivity contribution in [3.63, 3.8) is 0 Å². The van der Waals surface area contributed by atoms with Gasteiger partial charge in [0.25, 0.3) is 5.91 Å². The molecule has 2 aromatic heterocycles. The van der Waals surface area contributed by atoms with Crippen LogP contribution in [0.3, 0.4) is 0 Å². The van der Waals surface area contributed by atoms with Crippen LogP contribution in [0.2, 0.25) is 0 Å². The summed E-state index contributed by atoms with van der Waals surface area (Å²) in [6.07, 6.45) is 4.27. The summed E-state index contributed by atoms with van der Waals surface area (Å²) in [7, 11) is 1.60. The SMILES string of the molecule is COc1ccccc1-c1noc(C)c1C(=O)N1CCCCCOc2ccccc2Oc2ncccc2C1. The van der Waals surface area contributed by atoms with Crippen molar-refractivity contribution in [3.8, 4) is 34.4 Å². The molecule has 0 spiro atoms. The first-order valence-corrected chi connectivity index (χ1v) is 12.4. The fourth-order valence-corrected chi connectivity index (χ4v) is 4.42. The first-order chi connectivity index (χ1) is 18.2. The Balaban J connectivity index is 1.52. The molecule has 8 nitrogen and oxygen atoms in total. The lowest BCUT2D eigenvalue weighted by Gasteiger charge is -2.24. The van der Waals surface area contributed by atoms with Crippen LogP contribution in [0.15, 0.2) is 71.4 Å². The van der Waals surface area contributed by atoms with Crippen LogP contribution >= 0.6 is 0 Å². The van der Waals surface area contributed by atoms with Crippen molar-refractivity contribution >= 4 is 5.91 Å². The number of benzene rings is 2. The van der Waals surface area contributed by atoms with E-state index in [1.165, 1.54) is 0 Å². The molecule has 0 saturated carbocycles. The maximum Gasteiger partial charge on any atom is 0.260 e. The number of carbonyl (C=O) groups is 1. The largest absolute Gasteiger partial charge is 0.496 e. The Bertz CT molecular complexity index is 1380. The van der Waals surface area contributed by atoms with E-state index in [0.29, 0.717) is 65.4 Å². The Morgan fingerprint density at radius 1 is 0.973 bits per heavy atom. The first kappa shape index (κ1) is 24.4. The molecule has 0 saturated heterocycles. The summed E-state index contributed by atoms with van der Waals surface area (Å²) in [5.74, 6) is 2.61. The Hall–Kier alpha value is -4.33. The lowest BCUT2D eigenvalue weighted by Crippen LogP contribution is -2.32. The maximum absolute atomic E-state index is 14.1. The van der Waals surface area contributed by atoms with E-state index in [1.807, 2.05) is 65.6 Å². The Labute approximate surface area is 215 Å². The summed E-state index contributed by atoms with van der Waals surface area (Å²) in [4.78, 5) is 20.3. The highest BCUT2D eigenvalue weighted by molar-refractivity contribution is 6.01. The van der Waals surface area contributed by atoms with E-state index >= 15 is 0 Å². The number of pyridine rings is 1. The van der Waals surface area contributed by atoms with Crippen LogP contribution in [0.25, 0.3) is 11.3 Å². The molecule has 0 atom stereocenters. The molecule has 190 valence electrons. The summed E-state index contributed by atoms with van der Waals surface area (Å²) >= 11 is 0. The van der Waals surface area contributed by atoms with Gasteiger partial charge < -0.3 is 23.6 Å². The monoisotopic (exact) mass is 499 g/mol. The van der Waals surface area contributed by atoms with Gasteiger partial charge in [-0.1, -0.05) is 35.5 Å². The van der Waals surface area contributed by atoms with Gasteiger partial charge in [0.15, 0.2) is 11.5 Å². The summed E-state index contributed by atoms with van der Waals surface area (Å²) in [5, 5.41) is 4.24. The topological polar surface area (TPSA) is 86.9 Å². The molecule has 1 aliphatic heterocycles. The number of nitrogens with zero attached hydrogens (tertiary/aromatic N) is 3. The molecule has 0 N–H and O–H groups in total. The number of aromatic nitrogens is 2. The van der Waals surface area contributed by atoms with Crippen molar-refractivity contribution in [2.45, 2.75) is 32.7 Å². The second-order valence-electron chi connectivity index (χ2n) is 8.81. The summed E-state index contributed by atoms with van der Waals surface area (Å²) < 4.78 is 23.2. The number of para-hydroxylation sites is 3. The second kappa shape index (κ2) is 11.2. The molecule has 0 aliphatic carbocycles. The predicted molar refractivity (Wildman–Crippen MR) is 138 cm³/mol. The third kappa shape index (κ3) is 5.28. The van der Waals surface area contributed by atoms with Crippen molar-refractivity contribution in [2.24, 2.45) is 0 Å². The van der Waals surface area contributed by atoms with E-state index in [2.05, 4.69) is 10.1 Å². The molecule has 5 rings (SSSR count). The maximum atomic E-state index is 14.1. The number of fused-ring (bicyclic) bond motifs is 2. The highest BCUT2D eigenvalue weighted by atomic mass is 16.5. The molecule has 1 aliphatic rings. The van der Waals surface area contributed by atoms with Crippen LogP contribution in [0.5, 0.6) is 23.1 Å². The van der Waals surface area contributed by atoms with E-state index in [4.69, 9.17) is 18.7 Å². The second-order valence-corrected chi connectivity index (χ2v) is 8.81. The highest BCUT2D eigenvalue weighted by Gasteiger charge is 2.28. The summed E-state index contributed by atoms with van der Waals surface area (Å²) in [6.45, 7) is 3.19. The van der Waals surface area contributed by atoms with Crippen LogP contribution < -0.4 is 14.2 Å². The third-order valence-electron chi connectivity index (χ3n) is 6.32. The minimum atomic E-state index is -0.166. The molecular formula is C29H29N3O5. The van der Waals surface area contributed by atoms with Crippen LogP contribution in [-0.4, -0.2) is 41.2 Å². The molecule has 0 unspecified atom stereocenters. The molecule has 8 heteroatoms. The Morgan fingerprint density at radius 3 is 2.65 bits per heavy atom. The van der Waals surface area contributed by atoms with Crippen LogP contribution in [-0.2, 0) is 6.54 Å². The predicted octanol–water partition coefficient (Wildman–Crippen LogP) is 6.05. The van der Waals surface area contributed by atoms with Gasteiger partial charge in [0.05, 0.1) is 20.3 Å². The molecule has 1 amide bonds. The number of rotatable bonds is 3. The smallest absolute Gasteiger partial charge is 0.260 e. The number of ether oxygens (including phenoxy) is 3. The lowest BCUT2D eigenvalue weighted by molar-refractivity contribution is 0.0737. The zero-order valence-corrected chi connectivity index (χ0v) is 21.0. The highest BCUT2D eigenvalue weighted by Crippen LogP contribution is 2.35. The quantitative estimate of drug-likeness (QED) is 0.339.